The summed E-state index contributed by atoms with van der Waals surface area (Å²) in [6, 6.07) is 5.13. The first kappa shape index (κ1) is 12.4. The van der Waals surface area contributed by atoms with E-state index in [1.54, 1.807) is 0 Å². The second-order valence-corrected chi connectivity index (χ2v) is 5.59. The Labute approximate surface area is 113 Å². The molecule has 5 heteroatoms. The first-order valence-electron chi connectivity index (χ1n) is 7.01. The number of piperidine rings is 1. The fraction of sp³-hybridized carbons (Fsp3) is 0.571. The molecule has 0 radical (unpaired) electrons. The van der Waals surface area contributed by atoms with Crippen molar-refractivity contribution in [3.63, 3.8) is 0 Å². The van der Waals surface area contributed by atoms with E-state index in [9.17, 15) is 0 Å². The molecule has 1 fully saturated rings. The molecule has 1 aliphatic heterocycles. The summed E-state index contributed by atoms with van der Waals surface area (Å²) in [6.07, 6.45) is 5.71. The van der Waals surface area contributed by atoms with Crippen LogP contribution in [0.1, 0.15) is 38.7 Å². The van der Waals surface area contributed by atoms with Gasteiger partial charge in [0.1, 0.15) is 0 Å². The van der Waals surface area contributed by atoms with Crippen molar-refractivity contribution in [3.8, 4) is 0 Å². The van der Waals surface area contributed by atoms with E-state index < -0.39 is 0 Å². The monoisotopic (exact) mass is 259 g/mol. The number of hydrazine groups is 1. The van der Waals surface area contributed by atoms with Crippen LogP contribution in [0.25, 0.3) is 5.65 Å². The number of aromatic nitrogens is 3. The predicted molar refractivity (Wildman–Crippen MR) is 76.0 cm³/mol. The van der Waals surface area contributed by atoms with Crippen LogP contribution in [0.2, 0.25) is 0 Å². The Morgan fingerprint density at radius 3 is 2.74 bits per heavy atom. The van der Waals surface area contributed by atoms with E-state index in [2.05, 4.69) is 41.3 Å². The van der Waals surface area contributed by atoms with Crippen molar-refractivity contribution >= 4 is 11.6 Å². The van der Waals surface area contributed by atoms with E-state index in [-0.39, 0.29) is 0 Å². The van der Waals surface area contributed by atoms with Crippen LogP contribution in [-0.2, 0) is 0 Å². The molecule has 1 aliphatic rings. The lowest BCUT2D eigenvalue weighted by atomic mass is 10.00. The largest absolute Gasteiger partial charge is 0.285 e. The third kappa shape index (κ3) is 2.42. The number of aryl methyl sites for hydroxylation is 1. The molecule has 2 atom stereocenters. The number of nitrogens with one attached hydrogen (secondary N) is 1. The highest BCUT2D eigenvalue weighted by atomic mass is 15.6. The molecular weight excluding hydrogens is 238 g/mol. The standard InChI is InChI=1S/C14H21N5/c1-10-7-8-18-13(9-10)15-14(16-18)17-19-11(2)5-4-6-12(19)3/h7-9,11-12H,4-6H2,1-3H3,(H,16,17). The summed E-state index contributed by atoms with van der Waals surface area (Å²) in [4.78, 5) is 4.54. The van der Waals surface area contributed by atoms with Gasteiger partial charge < -0.3 is 0 Å². The highest BCUT2D eigenvalue weighted by Gasteiger charge is 2.25. The van der Waals surface area contributed by atoms with Gasteiger partial charge in [0.2, 0.25) is 0 Å². The normalized spacial score (nSPS) is 24.8. The number of rotatable bonds is 2. The van der Waals surface area contributed by atoms with Crippen molar-refractivity contribution in [2.45, 2.75) is 52.1 Å². The Morgan fingerprint density at radius 2 is 2.00 bits per heavy atom. The van der Waals surface area contributed by atoms with Crippen molar-refractivity contribution in [3.05, 3.63) is 23.9 Å². The molecular formula is C14H21N5. The van der Waals surface area contributed by atoms with Gasteiger partial charge in [-0.15, -0.1) is 5.10 Å². The Hall–Kier alpha value is -1.62. The van der Waals surface area contributed by atoms with E-state index in [4.69, 9.17) is 0 Å². The quantitative estimate of drug-likeness (QED) is 0.900. The molecule has 3 heterocycles. The minimum atomic E-state index is 0.525. The maximum absolute atomic E-state index is 4.54. The average molecular weight is 259 g/mol. The first-order chi connectivity index (χ1) is 9.13. The van der Waals surface area contributed by atoms with Crippen LogP contribution in [0.4, 0.5) is 5.95 Å². The average Bonchev–Trinajstić information content (AvgIpc) is 2.75. The summed E-state index contributed by atoms with van der Waals surface area (Å²) in [5.74, 6) is 0.686. The summed E-state index contributed by atoms with van der Waals surface area (Å²) in [7, 11) is 0. The van der Waals surface area contributed by atoms with Crippen LogP contribution in [0, 0.1) is 6.92 Å². The highest BCUT2D eigenvalue weighted by Crippen LogP contribution is 2.22. The van der Waals surface area contributed by atoms with Crippen LogP contribution in [0.15, 0.2) is 18.3 Å². The maximum atomic E-state index is 4.54. The third-order valence-corrected chi connectivity index (χ3v) is 3.92. The molecule has 1 N–H and O–H groups in total. The minimum absolute atomic E-state index is 0.525. The molecule has 102 valence electrons. The number of fused-ring (bicyclic) bond motifs is 1. The van der Waals surface area contributed by atoms with Crippen LogP contribution in [0.3, 0.4) is 0 Å². The van der Waals surface area contributed by atoms with E-state index in [1.165, 1.54) is 24.8 Å². The Balaban J connectivity index is 1.84. The van der Waals surface area contributed by atoms with Crippen molar-refractivity contribution < 1.29 is 0 Å². The summed E-state index contributed by atoms with van der Waals surface area (Å²) >= 11 is 0. The zero-order valence-corrected chi connectivity index (χ0v) is 11.8. The molecule has 5 nitrogen and oxygen atoms in total. The van der Waals surface area contributed by atoms with Gasteiger partial charge >= 0.3 is 0 Å². The van der Waals surface area contributed by atoms with Crippen LogP contribution >= 0.6 is 0 Å². The number of anilines is 1. The smallest absolute Gasteiger partial charge is 0.257 e. The van der Waals surface area contributed by atoms with Gasteiger partial charge in [-0.1, -0.05) is 6.42 Å². The lowest BCUT2D eigenvalue weighted by Crippen LogP contribution is -2.47. The van der Waals surface area contributed by atoms with Gasteiger partial charge in [0.15, 0.2) is 5.65 Å². The zero-order chi connectivity index (χ0) is 13.4. The lowest BCUT2D eigenvalue weighted by Gasteiger charge is -2.38. The SMILES string of the molecule is Cc1ccn2nc(NN3C(C)CCCC3C)nc2c1. The molecule has 2 aromatic heterocycles. The van der Waals surface area contributed by atoms with Crippen molar-refractivity contribution in [2.24, 2.45) is 0 Å². The maximum Gasteiger partial charge on any atom is 0.257 e. The van der Waals surface area contributed by atoms with Gasteiger partial charge in [-0.3, -0.25) is 5.43 Å². The first-order valence-corrected chi connectivity index (χ1v) is 7.01. The summed E-state index contributed by atoms with van der Waals surface area (Å²) in [5.41, 5.74) is 5.47. The summed E-state index contributed by atoms with van der Waals surface area (Å²) < 4.78 is 1.81. The zero-order valence-electron chi connectivity index (χ0n) is 11.8. The molecule has 2 aromatic rings. The molecule has 1 saturated heterocycles. The van der Waals surface area contributed by atoms with Crippen LogP contribution < -0.4 is 5.43 Å². The van der Waals surface area contributed by atoms with Gasteiger partial charge in [0.25, 0.3) is 5.95 Å². The lowest BCUT2D eigenvalue weighted by molar-refractivity contribution is 0.134. The van der Waals surface area contributed by atoms with E-state index in [0.29, 0.717) is 18.0 Å². The molecule has 0 bridgehead atoms. The Kier molecular flexibility index (Phi) is 3.14. The van der Waals surface area contributed by atoms with E-state index in [0.717, 1.165) is 5.65 Å². The number of hydrogen-bond acceptors (Lipinski definition) is 4. The molecule has 3 rings (SSSR count). The molecule has 0 aromatic carbocycles. The topological polar surface area (TPSA) is 45.5 Å². The second-order valence-electron chi connectivity index (χ2n) is 5.59. The molecule has 19 heavy (non-hydrogen) atoms. The Morgan fingerprint density at radius 1 is 1.26 bits per heavy atom. The van der Waals surface area contributed by atoms with Crippen molar-refractivity contribution in [1.29, 1.82) is 0 Å². The van der Waals surface area contributed by atoms with E-state index in [1.807, 2.05) is 22.8 Å². The van der Waals surface area contributed by atoms with Gasteiger partial charge in [-0.05, 0) is 51.3 Å². The highest BCUT2D eigenvalue weighted by molar-refractivity contribution is 5.44. The fourth-order valence-electron chi connectivity index (χ4n) is 2.79. The fourth-order valence-corrected chi connectivity index (χ4v) is 2.79. The summed E-state index contributed by atoms with van der Waals surface area (Å²) in [6.45, 7) is 6.57. The van der Waals surface area contributed by atoms with Crippen molar-refractivity contribution in [1.82, 2.24) is 19.6 Å². The third-order valence-electron chi connectivity index (χ3n) is 3.92. The minimum Gasteiger partial charge on any atom is -0.285 e. The summed E-state index contributed by atoms with van der Waals surface area (Å²) in [5, 5.41) is 6.75. The molecule has 0 saturated carbocycles. The van der Waals surface area contributed by atoms with E-state index >= 15 is 0 Å². The van der Waals surface area contributed by atoms with Gasteiger partial charge in [-0.25, -0.2) is 9.52 Å². The number of nitrogens with zero attached hydrogens (tertiary/aromatic N) is 4. The van der Waals surface area contributed by atoms with Gasteiger partial charge in [0.05, 0.1) is 0 Å². The predicted octanol–water partition coefficient (Wildman–Crippen LogP) is 2.63. The molecule has 0 spiro atoms. The second kappa shape index (κ2) is 4.81. The van der Waals surface area contributed by atoms with Gasteiger partial charge in [0, 0.05) is 18.3 Å². The molecule has 0 amide bonds. The molecule has 2 unspecified atom stereocenters. The van der Waals surface area contributed by atoms with Crippen molar-refractivity contribution in [2.75, 3.05) is 5.43 Å². The van der Waals surface area contributed by atoms with Crippen LogP contribution in [-0.4, -0.2) is 31.7 Å². The van der Waals surface area contributed by atoms with Crippen LogP contribution in [0.5, 0.6) is 0 Å². The number of hydrogen-bond donors (Lipinski definition) is 1. The number of pyridine rings is 1. The van der Waals surface area contributed by atoms with Gasteiger partial charge in [-0.2, -0.15) is 4.98 Å². The Bertz CT molecular complexity index is 566. The molecule has 0 aliphatic carbocycles.